The van der Waals surface area contributed by atoms with Crippen molar-refractivity contribution >= 4 is 24.8 Å². The van der Waals surface area contributed by atoms with Crippen molar-refractivity contribution in [1.82, 2.24) is 14.7 Å². The molecule has 0 atom stereocenters. The van der Waals surface area contributed by atoms with Crippen molar-refractivity contribution in [3.05, 3.63) is 11.4 Å². The topological polar surface area (TPSA) is 101 Å². The monoisotopic (exact) mass is 495 g/mol. The SMILES string of the molecule is Cc1c(B2OC(C)(C)C(C)(C)O2)c(COCCN(C)C(=O)OC(C)(C)C)nn1C(=O)OC(C)(C)C. The van der Waals surface area contributed by atoms with Crippen molar-refractivity contribution in [2.75, 3.05) is 20.2 Å². The van der Waals surface area contributed by atoms with Crippen LogP contribution in [0.15, 0.2) is 0 Å². The molecule has 0 N–H and O–H groups in total. The molecule has 1 aliphatic rings. The van der Waals surface area contributed by atoms with Crippen LogP contribution in [0.1, 0.15) is 80.6 Å². The number of likely N-dealkylation sites (N-methyl/N-ethyl adjacent to an activating group) is 1. The molecule has 0 spiro atoms. The Morgan fingerprint density at radius 3 is 2.00 bits per heavy atom. The molecule has 1 saturated heterocycles. The molecular weight excluding hydrogens is 453 g/mol. The van der Waals surface area contributed by atoms with E-state index in [-0.39, 0.29) is 13.2 Å². The van der Waals surface area contributed by atoms with Crippen molar-refractivity contribution in [3.8, 4) is 0 Å². The predicted molar refractivity (Wildman–Crippen MR) is 133 cm³/mol. The molecule has 0 aromatic carbocycles. The van der Waals surface area contributed by atoms with Gasteiger partial charge in [-0.15, -0.1) is 0 Å². The minimum absolute atomic E-state index is 0.0954. The molecule has 198 valence electrons. The van der Waals surface area contributed by atoms with Gasteiger partial charge in [0.05, 0.1) is 30.1 Å². The second-order valence-corrected chi connectivity index (χ2v) is 11.9. The van der Waals surface area contributed by atoms with Crippen LogP contribution in [0.3, 0.4) is 0 Å². The zero-order chi connectivity index (χ0) is 27.0. The maximum Gasteiger partial charge on any atom is 0.498 e. The number of carbonyl (C=O) groups is 2. The lowest BCUT2D eigenvalue weighted by molar-refractivity contribution is 0.00578. The van der Waals surface area contributed by atoms with E-state index < -0.39 is 41.7 Å². The van der Waals surface area contributed by atoms with Crippen molar-refractivity contribution in [2.24, 2.45) is 0 Å². The Morgan fingerprint density at radius 2 is 1.51 bits per heavy atom. The third-order valence-electron chi connectivity index (χ3n) is 5.81. The summed E-state index contributed by atoms with van der Waals surface area (Å²) in [5.74, 6) is 0. The summed E-state index contributed by atoms with van der Waals surface area (Å²) in [7, 11) is 0.924. The highest BCUT2D eigenvalue weighted by molar-refractivity contribution is 6.63. The van der Waals surface area contributed by atoms with Crippen molar-refractivity contribution in [3.63, 3.8) is 0 Å². The Bertz CT molecular complexity index is 913. The molecule has 0 aliphatic carbocycles. The lowest BCUT2D eigenvalue weighted by atomic mass is 9.77. The minimum atomic E-state index is -0.723. The van der Waals surface area contributed by atoms with E-state index in [1.807, 2.05) is 48.5 Å². The van der Waals surface area contributed by atoms with Crippen LogP contribution in [0.25, 0.3) is 0 Å². The highest BCUT2D eigenvalue weighted by atomic mass is 16.7. The fourth-order valence-corrected chi connectivity index (χ4v) is 3.23. The van der Waals surface area contributed by atoms with Gasteiger partial charge in [-0.05, 0) is 76.2 Å². The van der Waals surface area contributed by atoms with Gasteiger partial charge < -0.3 is 28.4 Å². The summed E-state index contributed by atoms with van der Waals surface area (Å²) in [6.07, 6.45) is -1.02. The maximum absolute atomic E-state index is 12.8. The van der Waals surface area contributed by atoms with Gasteiger partial charge in [-0.25, -0.2) is 9.59 Å². The molecule has 0 bridgehead atoms. The number of rotatable bonds is 6. The lowest BCUT2D eigenvalue weighted by Gasteiger charge is -2.32. The van der Waals surface area contributed by atoms with Crippen molar-refractivity contribution < 1.29 is 33.1 Å². The summed E-state index contributed by atoms with van der Waals surface area (Å²) in [6, 6.07) is 0. The van der Waals surface area contributed by atoms with Crippen LogP contribution in [-0.2, 0) is 30.1 Å². The van der Waals surface area contributed by atoms with Crippen LogP contribution in [-0.4, -0.2) is 76.6 Å². The van der Waals surface area contributed by atoms with E-state index >= 15 is 0 Å². The summed E-state index contributed by atoms with van der Waals surface area (Å²) >= 11 is 0. The smallest absolute Gasteiger partial charge is 0.444 e. The zero-order valence-electron chi connectivity index (χ0n) is 23.4. The van der Waals surface area contributed by atoms with Gasteiger partial charge in [-0.2, -0.15) is 9.78 Å². The second kappa shape index (κ2) is 10.1. The Morgan fingerprint density at radius 1 is 1.00 bits per heavy atom. The van der Waals surface area contributed by atoms with E-state index in [9.17, 15) is 9.59 Å². The van der Waals surface area contributed by atoms with Crippen LogP contribution in [0.5, 0.6) is 0 Å². The van der Waals surface area contributed by atoms with E-state index in [0.717, 1.165) is 0 Å². The number of ether oxygens (including phenoxy) is 3. The van der Waals surface area contributed by atoms with Crippen LogP contribution in [0.4, 0.5) is 9.59 Å². The molecular formula is C24H42BN3O7. The molecule has 1 aromatic heterocycles. The molecule has 1 fully saturated rings. The van der Waals surface area contributed by atoms with Crippen LogP contribution in [0.2, 0.25) is 0 Å². The average Bonchev–Trinajstić information content (AvgIpc) is 3.07. The fourth-order valence-electron chi connectivity index (χ4n) is 3.23. The third kappa shape index (κ3) is 7.44. The van der Waals surface area contributed by atoms with Gasteiger partial charge in [-0.3, -0.25) is 0 Å². The molecule has 35 heavy (non-hydrogen) atoms. The van der Waals surface area contributed by atoms with Crippen molar-refractivity contribution in [2.45, 2.75) is 105 Å². The minimum Gasteiger partial charge on any atom is -0.444 e. The summed E-state index contributed by atoms with van der Waals surface area (Å²) in [5, 5.41) is 4.49. The quantitative estimate of drug-likeness (QED) is 0.436. The second-order valence-electron chi connectivity index (χ2n) is 11.9. The molecule has 1 aliphatic heterocycles. The number of nitrogens with zero attached hydrogens (tertiary/aromatic N) is 3. The molecule has 1 amide bonds. The van der Waals surface area contributed by atoms with Gasteiger partial charge in [0, 0.05) is 24.7 Å². The average molecular weight is 495 g/mol. The summed E-state index contributed by atoms with van der Waals surface area (Å²) in [4.78, 5) is 26.4. The Kier molecular flexibility index (Phi) is 8.41. The molecule has 0 radical (unpaired) electrons. The number of aromatic nitrogens is 2. The molecule has 2 heterocycles. The van der Waals surface area contributed by atoms with E-state index in [1.165, 1.54) is 9.58 Å². The van der Waals surface area contributed by atoms with Gasteiger partial charge in [0.1, 0.15) is 11.2 Å². The lowest BCUT2D eigenvalue weighted by Crippen LogP contribution is -2.41. The number of amides is 1. The highest BCUT2D eigenvalue weighted by Crippen LogP contribution is 2.37. The Hall–Kier alpha value is -2.11. The van der Waals surface area contributed by atoms with Gasteiger partial charge in [-0.1, -0.05) is 0 Å². The van der Waals surface area contributed by atoms with Gasteiger partial charge in [0.15, 0.2) is 0 Å². The summed E-state index contributed by atoms with van der Waals surface area (Å²) in [5.41, 5.74) is -0.679. The highest BCUT2D eigenvalue weighted by Gasteiger charge is 2.53. The molecule has 11 heteroatoms. The van der Waals surface area contributed by atoms with Crippen molar-refractivity contribution in [1.29, 1.82) is 0 Å². The normalized spacial score (nSPS) is 17.4. The van der Waals surface area contributed by atoms with Gasteiger partial charge in [0.2, 0.25) is 0 Å². The molecule has 10 nitrogen and oxygen atoms in total. The van der Waals surface area contributed by atoms with Gasteiger partial charge in [0.25, 0.3) is 0 Å². The Balaban J connectivity index is 2.20. The standard InChI is InChI=1S/C24H42BN3O7/c1-16-18(25-34-23(8,9)24(10,11)35-25)17(26-28(16)20(30)33-22(5,6)7)15-31-14-13-27(12)19(29)32-21(2,3)4/h13-15H2,1-12H3. The molecule has 0 saturated carbocycles. The van der Waals surface area contributed by atoms with E-state index in [0.29, 0.717) is 23.4 Å². The van der Waals surface area contributed by atoms with Crippen LogP contribution >= 0.6 is 0 Å². The first kappa shape index (κ1) is 29.1. The molecule has 2 rings (SSSR count). The van der Waals surface area contributed by atoms with Crippen LogP contribution in [0, 0.1) is 6.92 Å². The van der Waals surface area contributed by atoms with E-state index in [4.69, 9.17) is 23.5 Å². The first-order chi connectivity index (χ1) is 15.7. The maximum atomic E-state index is 12.8. The van der Waals surface area contributed by atoms with E-state index in [2.05, 4.69) is 5.10 Å². The predicted octanol–water partition coefficient (Wildman–Crippen LogP) is 3.66. The Labute approximate surface area is 209 Å². The number of carbonyl (C=O) groups excluding carboxylic acids is 2. The zero-order valence-corrected chi connectivity index (χ0v) is 23.4. The summed E-state index contributed by atoms with van der Waals surface area (Å²) < 4.78 is 30.4. The van der Waals surface area contributed by atoms with E-state index in [1.54, 1.807) is 34.7 Å². The number of hydrogen-bond donors (Lipinski definition) is 0. The number of hydrogen-bond acceptors (Lipinski definition) is 8. The first-order valence-electron chi connectivity index (χ1n) is 11.9. The van der Waals surface area contributed by atoms with Gasteiger partial charge >= 0.3 is 19.3 Å². The first-order valence-corrected chi connectivity index (χ1v) is 11.9. The largest absolute Gasteiger partial charge is 0.498 e. The fraction of sp³-hybridized carbons (Fsp3) is 0.792. The third-order valence-corrected chi connectivity index (χ3v) is 5.81. The molecule has 1 aromatic rings. The molecule has 0 unspecified atom stereocenters. The summed E-state index contributed by atoms with van der Waals surface area (Å²) in [6.45, 7) is 21.1. The van der Waals surface area contributed by atoms with Crippen LogP contribution < -0.4 is 5.46 Å².